The van der Waals surface area contributed by atoms with E-state index >= 15 is 0 Å². The van der Waals surface area contributed by atoms with E-state index in [1.807, 2.05) is 13.8 Å². The van der Waals surface area contributed by atoms with Crippen LogP contribution in [0.3, 0.4) is 0 Å². The minimum absolute atomic E-state index is 0.0463. The Morgan fingerprint density at radius 3 is 2.39 bits per heavy atom. The topological polar surface area (TPSA) is 129 Å². The number of rotatable bonds is 3. The standard InChI is InChI=1S/C29H34O9/c1-13-8-21-18(16(4)25(32)35-21)10-23-27(13,34)12-20(17(5)31)29(38-23)19-11-24-28(37-24,7-6-15(3)30)14(2)9-22(19)36-26(29)33/h6-7,12-14,18-19,21-24,34H,4,8-11H2,1-3,5H3/b7-6+/t13-,14+,18+,19+,21+,22-,23+,24+,27-,28-,29+/m0/s1. The number of hydrogen-bond acceptors (Lipinski definition) is 9. The first-order valence-corrected chi connectivity index (χ1v) is 13.5. The minimum Gasteiger partial charge on any atom is -0.460 e. The summed E-state index contributed by atoms with van der Waals surface area (Å²) in [5.74, 6) is -2.92. The number of hydrogen-bond donors (Lipinski definition) is 1. The molecule has 0 bridgehead atoms. The molecule has 4 aliphatic heterocycles. The lowest BCUT2D eigenvalue weighted by Crippen LogP contribution is -2.61. The lowest BCUT2D eigenvalue weighted by Gasteiger charge is -2.48. The van der Waals surface area contributed by atoms with Crippen LogP contribution in [-0.4, -0.2) is 69.8 Å². The van der Waals surface area contributed by atoms with Gasteiger partial charge in [0.15, 0.2) is 17.2 Å². The zero-order valence-corrected chi connectivity index (χ0v) is 22.1. The molecule has 9 nitrogen and oxygen atoms in total. The van der Waals surface area contributed by atoms with Crippen LogP contribution in [0.15, 0.2) is 36.0 Å². The van der Waals surface area contributed by atoms with Gasteiger partial charge in [-0.15, -0.1) is 0 Å². The lowest BCUT2D eigenvalue weighted by atomic mass is 9.69. The van der Waals surface area contributed by atoms with Crippen LogP contribution in [0.2, 0.25) is 0 Å². The molecule has 3 saturated heterocycles. The Labute approximate surface area is 221 Å². The normalized spacial score (nSPS) is 49.2. The van der Waals surface area contributed by atoms with Gasteiger partial charge in [-0.3, -0.25) is 9.59 Å². The first-order chi connectivity index (χ1) is 17.8. The summed E-state index contributed by atoms with van der Waals surface area (Å²) < 4.78 is 24.3. The monoisotopic (exact) mass is 526 g/mol. The summed E-state index contributed by atoms with van der Waals surface area (Å²) in [5.41, 5.74) is -3.46. The zero-order valence-electron chi connectivity index (χ0n) is 22.1. The van der Waals surface area contributed by atoms with Crippen molar-refractivity contribution < 1.29 is 43.2 Å². The number of allylic oxidation sites excluding steroid dienone is 1. The SMILES string of the molecule is C=C1C(=O)O[C@@H]2C[C@H](C)[C@@]3(O)C=C(C(C)=O)[C@@]4(O[C@@H]3C[C@H]12)C(=O)O[C@H]1C[C@@H](C)[C@]2(/C=C/C(C)=O)O[C@@H]2C[C@H]14. The molecule has 204 valence electrons. The molecule has 6 aliphatic rings. The molecular weight excluding hydrogens is 492 g/mol. The number of carbonyl (C=O) groups is 4. The minimum atomic E-state index is -1.70. The van der Waals surface area contributed by atoms with Crippen LogP contribution < -0.4 is 0 Å². The largest absolute Gasteiger partial charge is 0.460 e. The molecular formula is C29H34O9. The predicted molar refractivity (Wildman–Crippen MR) is 131 cm³/mol. The molecule has 2 saturated carbocycles. The van der Waals surface area contributed by atoms with Crippen molar-refractivity contribution in [1.29, 1.82) is 0 Å². The highest BCUT2D eigenvalue weighted by Crippen LogP contribution is 2.60. The number of carbonyl (C=O) groups excluding carboxylic acids is 4. The molecule has 0 aromatic carbocycles. The number of esters is 2. The summed E-state index contributed by atoms with van der Waals surface area (Å²) in [6.07, 6.45) is 4.14. The predicted octanol–water partition coefficient (Wildman–Crippen LogP) is 2.15. The fraction of sp³-hybridized carbons (Fsp3) is 0.655. The Hall–Kier alpha value is -2.62. The fourth-order valence-electron chi connectivity index (χ4n) is 7.71. The van der Waals surface area contributed by atoms with E-state index in [4.69, 9.17) is 18.9 Å². The van der Waals surface area contributed by atoms with Crippen molar-refractivity contribution >= 4 is 23.5 Å². The lowest BCUT2D eigenvalue weighted by molar-refractivity contribution is -0.197. The van der Waals surface area contributed by atoms with Crippen molar-refractivity contribution in [1.82, 2.24) is 0 Å². The second kappa shape index (κ2) is 8.19. The highest BCUT2D eigenvalue weighted by atomic mass is 16.6. The number of ketones is 2. The van der Waals surface area contributed by atoms with E-state index in [0.29, 0.717) is 24.8 Å². The van der Waals surface area contributed by atoms with Crippen LogP contribution in [0.4, 0.5) is 0 Å². The van der Waals surface area contributed by atoms with Crippen LogP contribution >= 0.6 is 0 Å². The first kappa shape index (κ1) is 25.6. The van der Waals surface area contributed by atoms with Crippen LogP contribution in [-0.2, 0) is 38.1 Å². The average molecular weight is 527 g/mol. The van der Waals surface area contributed by atoms with Gasteiger partial charge in [-0.2, -0.15) is 0 Å². The van der Waals surface area contributed by atoms with E-state index in [9.17, 15) is 24.3 Å². The van der Waals surface area contributed by atoms with E-state index in [0.717, 1.165) is 0 Å². The third kappa shape index (κ3) is 3.34. The molecule has 0 aromatic heterocycles. The van der Waals surface area contributed by atoms with Gasteiger partial charge < -0.3 is 24.1 Å². The van der Waals surface area contributed by atoms with Crippen molar-refractivity contribution in [3.63, 3.8) is 0 Å². The van der Waals surface area contributed by atoms with E-state index in [-0.39, 0.29) is 41.5 Å². The second-order valence-electron chi connectivity index (χ2n) is 12.1. The Bertz CT molecular complexity index is 1220. The van der Waals surface area contributed by atoms with Crippen molar-refractivity contribution in [2.24, 2.45) is 23.7 Å². The van der Waals surface area contributed by atoms with Gasteiger partial charge in [-0.05, 0) is 69.6 Å². The summed E-state index contributed by atoms with van der Waals surface area (Å²) >= 11 is 0. The molecule has 11 atom stereocenters. The highest BCUT2D eigenvalue weighted by Gasteiger charge is 2.72. The summed E-state index contributed by atoms with van der Waals surface area (Å²) in [4.78, 5) is 50.8. The van der Waals surface area contributed by atoms with Crippen LogP contribution in [0.25, 0.3) is 0 Å². The number of ether oxygens (including phenoxy) is 4. The van der Waals surface area contributed by atoms with Gasteiger partial charge in [0.2, 0.25) is 0 Å². The highest BCUT2D eigenvalue weighted by molar-refractivity contribution is 6.04. The van der Waals surface area contributed by atoms with Gasteiger partial charge in [0, 0.05) is 23.0 Å². The van der Waals surface area contributed by atoms with Gasteiger partial charge in [-0.25, -0.2) is 9.59 Å². The number of epoxide rings is 1. The van der Waals surface area contributed by atoms with Crippen molar-refractivity contribution in [2.45, 2.75) is 94.6 Å². The van der Waals surface area contributed by atoms with E-state index in [2.05, 4.69) is 6.58 Å². The van der Waals surface area contributed by atoms with Gasteiger partial charge in [0.1, 0.15) is 23.4 Å². The maximum Gasteiger partial charge on any atom is 0.343 e. The van der Waals surface area contributed by atoms with Crippen molar-refractivity contribution in [3.05, 3.63) is 36.0 Å². The van der Waals surface area contributed by atoms with E-state index < -0.39 is 58.9 Å². The van der Waals surface area contributed by atoms with E-state index in [1.165, 1.54) is 26.0 Å². The number of fused-ring (bicyclic) bond motifs is 5. The van der Waals surface area contributed by atoms with Crippen molar-refractivity contribution in [3.8, 4) is 0 Å². The molecule has 0 radical (unpaired) electrons. The first-order valence-electron chi connectivity index (χ1n) is 13.5. The Morgan fingerprint density at radius 2 is 1.71 bits per heavy atom. The second-order valence-corrected chi connectivity index (χ2v) is 12.1. The van der Waals surface area contributed by atoms with E-state index in [1.54, 1.807) is 6.08 Å². The third-order valence-electron chi connectivity index (χ3n) is 9.99. The summed E-state index contributed by atoms with van der Waals surface area (Å²) in [5, 5.41) is 12.0. The van der Waals surface area contributed by atoms with Gasteiger partial charge >= 0.3 is 11.9 Å². The molecule has 0 aromatic rings. The molecule has 6 rings (SSSR count). The third-order valence-corrected chi connectivity index (χ3v) is 9.99. The Morgan fingerprint density at radius 1 is 1.00 bits per heavy atom. The molecule has 0 unspecified atom stereocenters. The van der Waals surface area contributed by atoms with Crippen molar-refractivity contribution in [2.75, 3.05) is 0 Å². The average Bonchev–Trinajstić information content (AvgIpc) is 3.47. The van der Waals surface area contributed by atoms with Gasteiger partial charge in [0.25, 0.3) is 0 Å². The molecule has 2 aliphatic carbocycles. The van der Waals surface area contributed by atoms with Gasteiger partial charge in [-0.1, -0.05) is 20.4 Å². The molecule has 9 heteroatoms. The molecule has 38 heavy (non-hydrogen) atoms. The zero-order chi connectivity index (χ0) is 27.4. The fourth-order valence-corrected chi connectivity index (χ4v) is 7.71. The Kier molecular flexibility index (Phi) is 5.53. The molecule has 1 N–H and O–H groups in total. The van der Waals surface area contributed by atoms with Crippen LogP contribution in [0.1, 0.15) is 53.4 Å². The maximum absolute atomic E-state index is 13.7. The van der Waals surface area contributed by atoms with Crippen LogP contribution in [0, 0.1) is 23.7 Å². The summed E-state index contributed by atoms with van der Waals surface area (Å²) in [6, 6.07) is 0. The van der Waals surface area contributed by atoms with Crippen LogP contribution in [0.5, 0.6) is 0 Å². The van der Waals surface area contributed by atoms with Gasteiger partial charge in [0.05, 0.1) is 12.2 Å². The molecule has 1 spiro atoms. The summed E-state index contributed by atoms with van der Waals surface area (Å²) in [7, 11) is 0. The smallest absolute Gasteiger partial charge is 0.343 e. The quantitative estimate of drug-likeness (QED) is 0.334. The molecule has 5 fully saturated rings. The number of Topliss-reactive ketones (excluding diaryl/α,β-unsaturated/α-hetero) is 1. The maximum atomic E-state index is 13.7. The molecule has 0 amide bonds. The Balaban J connectivity index is 1.42. The molecule has 4 heterocycles. The summed E-state index contributed by atoms with van der Waals surface area (Å²) in [6.45, 7) is 10.6. The number of aliphatic hydroxyl groups is 1.